The molecule has 0 unspecified atom stereocenters. The summed E-state index contributed by atoms with van der Waals surface area (Å²) in [5.74, 6) is -2.11. The molecule has 0 atom stereocenters. The number of nitrogens with one attached hydrogen (secondary N) is 2. The highest BCUT2D eigenvalue weighted by atomic mass is 19.1. The van der Waals surface area contributed by atoms with Gasteiger partial charge in [0.2, 0.25) is 5.91 Å². The van der Waals surface area contributed by atoms with Crippen molar-refractivity contribution in [2.45, 2.75) is 19.8 Å². The van der Waals surface area contributed by atoms with E-state index < -0.39 is 17.5 Å². The third kappa shape index (κ3) is 6.80. The van der Waals surface area contributed by atoms with Crippen molar-refractivity contribution in [3.8, 4) is 0 Å². The summed E-state index contributed by atoms with van der Waals surface area (Å²) in [6.07, 6.45) is 0.793. The first-order valence-corrected chi connectivity index (χ1v) is 6.64. The number of ether oxygens (including phenoxy) is 1. The van der Waals surface area contributed by atoms with Crippen LogP contribution in [0.4, 0.5) is 14.5 Å². The van der Waals surface area contributed by atoms with E-state index in [0.717, 1.165) is 18.2 Å². The van der Waals surface area contributed by atoms with E-state index in [-0.39, 0.29) is 24.6 Å². The highest BCUT2D eigenvalue weighted by molar-refractivity contribution is 5.92. The zero-order valence-electron chi connectivity index (χ0n) is 11.7. The number of esters is 1. The highest BCUT2D eigenvalue weighted by Crippen LogP contribution is 2.14. The summed E-state index contributed by atoms with van der Waals surface area (Å²) in [5, 5.41) is 5.06. The molecule has 0 aromatic heterocycles. The number of hydrogen-bond acceptors (Lipinski definition) is 4. The van der Waals surface area contributed by atoms with E-state index in [1.54, 1.807) is 6.92 Å². The molecular weight excluding hydrogens is 282 g/mol. The quantitative estimate of drug-likeness (QED) is 0.568. The zero-order chi connectivity index (χ0) is 15.7. The molecule has 116 valence electrons. The normalized spacial score (nSPS) is 10.2. The van der Waals surface area contributed by atoms with Crippen molar-refractivity contribution in [3.05, 3.63) is 29.8 Å². The van der Waals surface area contributed by atoms with Crippen LogP contribution in [0.2, 0.25) is 0 Å². The summed E-state index contributed by atoms with van der Waals surface area (Å²) in [6, 6.07) is 2.82. The minimum atomic E-state index is -0.702. The van der Waals surface area contributed by atoms with Gasteiger partial charge in [0.05, 0.1) is 18.8 Å². The molecule has 0 saturated carbocycles. The molecule has 1 aromatic carbocycles. The van der Waals surface area contributed by atoms with Gasteiger partial charge in [0.15, 0.2) is 0 Å². The van der Waals surface area contributed by atoms with Gasteiger partial charge < -0.3 is 15.4 Å². The second-order valence-electron chi connectivity index (χ2n) is 4.26. The molecule has 5 nitrogen and oxygen atoms in total. The van der Waals surface area contributed by atoms with Gasteiger partial charge in [-0.2, -0.15) is 0 Å². The lowest BCUT2D eigenvalue weighted by Gasteiger charge is -2.07. The number of anilines is 1. The Labute approximate surface area is 121 Å². The summed E-state index contributed by atoms with van der Waals surface area (Å²) in [6.45, 7) is 2.45. The third-order valence-corrected chi connectivity index (χ3v) is 2.53. The van der Waals surface area contributed by atoms with Crippen LogP contribution < -0.4 is 10.6 Å². The molecule has 0 aliphatic heterocycles. The maximum absolute atomic E-state index is 13.3. The van der Waals surface area contributed by atoms with Gasteiger partial charge in [0.1, 0.15) is 11.6 Å². The first kappa shape index (κ1) is 17.0. The van der Waals surface area contributed by atoms with E-state index in [1.165, 1.54) is 0 Å². The molecule has 1 rings (SSSR count). The molecule has 0 radical (unpaired) electrons. The predicted octanol–water partition coefficient (Wildman–Crippen LogP) is 1.84. The van der Waals surface area contributed by atoms with Crippen molar-refractivity contribution in [2.24, 2.45) is 0 Å². The third-order valence-electron chi connectivity index (χ3n) is 2.53. The second-order valence-corrected chi connectivity index (χ2v) is 4.26. The summed E-state index contributed by atoms with van der Waals surface area (Å²) in [5.41, 5.74) is -0.201. The smallest absolute Gasteiger partial charge is 0.305 e. The first-order valence-electron chi connectivity index (χ1n) is 6.64. The fourth-order valence-electron chi connectivity index (χ4n) is 1.58. The van der Waals surface area contributed by atoms with E-state index in [9.17, 15) is 18.4 Å². The van der Waals surface area contributed by atoms with Gasteiger partial charge in [-0.1, -0.05) is 0 Å². The monoisotopic (exact) mass is 300 g/mol. The Morgan fingerprint density at radius 3 is 2.76 bits per heavy atom. The van der Waals surface area contributed by atoms with E-state index in [0.29, 0.717) is 19.6 Å². The van der Waals surface area contributed by atoms with Gasteiger partial charge in [0, 0.05) is 12.5 Å². The average molecular weight is 300 g/mol. The molecule has 0 spiro atoms. The van der Waals surface area contributed by atoms with Gasteiger partial charge in [-0.25, -0.2) is 8.78 Å². The Balaban J connectivity index is 2.22. The van der Waals surface area contributed by atoms with Crippen LogP contribution in [0.3, 0.4) is 0 Å². The maximum atomic E-state index is 13.3. The maximum Gasteiger partial charge on any atom is 0.305 e. The summed E-state index contributed by atoms with van der Waals surface area (Å²) in [4.78, 5) is 22.6. The van der Waals surface area contributed by atoms with E-state index in [1.807, 2.05) is 0 Å². The fraction of sp³-hybridized carbons (Fsp3) is 0.429. The topological polar surface area (TPSA) is 67.4 Å². The molecule has 0 heterocycles. The van der Waals surface area contributed by atoms with Crippen molar-refractivity contribution < 1.29 is 23.1 Å². The van der Waals surface area contributed by atoms with Crippen LogP contribution in [0, 0.1) is 11.6 Å². The summed E-state index contributed by atoms with van der Waals surface area (Å²) in [7, 11) is 0. The van der Waals surface area contributed by atoms with E-state index >= 15 is 0 Å². The molecule has 1 aromatic rings. The van der Waals surface area contributed by atoms with Crippen molar-refractivity contribution in [2.75, 3.05) is 25.0 Å². The fourth-order valence-corrected chi connectivity index (χ4v) is 1.58. The minimum absolute atomic E-state index is 0.0568. The lowest BCUT2D eigenvalue weighted by molar-refractivity contribution is -0.143. The molecule has 0 saturated heterocycles. The number of rotatable bonds is 8. The predicted molar refractivity (Wildman–Crippen MR) is 73.7 cm³/mol. The largest absolute Gasteiger partial charge is 0.466 e. The van der Waals surface area contributed by atoms with Crippen LogP contribution >= 0.6 is 0 Å². The van der Waals surface area contributed by atoms with Crippen molar-refractivity contribution >= 4 is 17.6 Å². The minimum Gasteiger partial charge on any atom is -0.466 e. The van der Waals surface area contributed by atoms with Crippen LogP contribution in [-0.2, 0) is 14.3 Å². The van der Waals surface area contributed by atoms with Crippen LogP contribution in [0.5, 0.6) is 0 Å². The standard InChI is InChI=1S/C14H18F2N2O3/c1-2-21-14(20)4-3-7-17-9-13(19)18-12-8-10(15)5-6-11(12)16/h5-6,8,17H,2-4,7,9H2,1H3,(H,18,19). The van der Waals surface area contributed by atoms with E-state index in [2.05, 4.69) is 10.6 Å². The number of hydrogen-bond donors (Lipinski definition) is 2. The SMILES string of the molecule is CCOC(=O)CCCNCC(=O)Nc1cc(F)ccc1F. The molecule has 1 amide bonds. The first-order chi connectivity index (χ1) is 10.0. The van der Waals surface area contributed by atoms with Gasteiger partial charge >= 0.3 is 5.97 Å². The molecule has 7 heteroatoms. The van der Waals surface area contributed by atoms with Gasteiger partial charge in [-0.05, 0) is 32.0 Å². The second kappa shape index (κ2) is 9.02. The van der Waals surface area contributed by atoms with Crippen LogP contribution in [0.15, 0.2) is 18.2 Å². The molecule has 0 aliphatic rings. The van der Waals surface area contributed by atoms with Crippen LogP contribution in [-0.4, -0.2) is 31.6 Å². The Bertz CT molecular complexity index is 495. The van der Waals surface area contributed by atoms with Crippen LogP contribution in [0.25, 0.3) is 0 Å². The van der Waals surface area contributed by atoms with Gasteiger partial charge in [0.25, 0.3) is 0 Å². The molecule has 0 bridgehead atoms. The van der Waals surface area contributed by atoms with Crippen LogP contribution in [0.1, 0.15) is 19.8 Å². The summed E-state index contributed by atoms with van der Waals surface area (Å²) >= 11 is 0. The number of amides is 1. The molecule has 0 fully saturated rings. The lowest BCUT2D eigenvalue weighted by Crippen LogP contribution is -2.29. The van der Waals surface area contributed by atoms with Crippen molar-refractivity contribution in [1.29, 1.82) is 0 Å². The number of benzene rings is 1. The van der Waals surface area contributed by atoms with Crippen molar-refractivity contribution in [1.82, 2.24) is 5.32 Å². The number of halogens is 2. The lowest BCUT2D eigenvalue weighted by atomic mass is 10.3. The van der Waals surface area contributed by atoms with Crippen molar-refractivity contribution in [3.63, 3.8) is 0 Å². The number of carbonyl (C=O) groups excluding carboxylic acids is 2. The Kier molecular flexibility index (Phi) is 7.31. The highest BCUT2D eigenvalue weighted by Gasteiger charge is 2.08. The molecule has 2 N–H and O–H groups in total. The molecule has 0 aliphatic carbocycles. The van der Waals surface area contributed by atoms with Gasteiger partial charge in [-0.15, -0.1) is 0 Å². The Morgan fingerprint density at radius 2 is 2.05 bits per heavy atom. The Hall–Kier alpha value is -2.02. The zero-order valence-corrected chi connectivity index (χ0v) is 11.7. The van der Waals surface area contributed by atoms with Gasteiger partial charge in [-0.3, -0.25) is 9.59 Å². The average Bonchev–Trinajstić information content (AvgIpc) is 2.43. The summed E-state index contributed by atoms with van der Waals surface area (Å²) < 4.78 is 30.9. The molecular formula is C14H18F2N2O3. The molecule has 21 heavy (non-hydrogen) atoms. The van der Waals surface area contributed by atoms with E-state index in [4.69, 9.17) is 4.74 Å². The Morgan fingerprint density at radius 1 is 1.29 bits per heavy atom. The number of carbonyl (C=O) groups is 2.